The minimum atomic E-state index is -0.289. The third-order valence-corrected chi connectivity index (χ3v) is 5.57. The Labute approximate surface area is 132 Å². The van der Waals surface area contributed by atoms with E-state index in [-0.39, 0.29) is 17.7 Å². The smallest absolute Gasteiger partial charge is 0.231 e. The van der Waals surface area contributed by atoms with Crippen LogP contribution >= 0.6 is 0 Å². The lowest BCUT2D eigenvalue weighted by Gasteiger charge is -2.30. The van der Waals surface area contributed by atoms with Gasteiger partial charge in [-0.2, -0.15) is 0 Å². The number of allylic oxidation sites excluding steroid dienone is 2. The second-order valence-electron chi connectivity index (χ2n) is 7.14. The molecular weight excluding hydrogens is 278 g/mol. The summed E-state index contributed by atoms with van der Waals surface area (Å²) in [4.78, 5) is 25.2. The molecule has 2 fully saturated rings. The number of nitrogens with two attached hydrogens (primary N) is 1. The van der Waals surface area contributed by atoms with E-state index in [2.05, 4.69) is 17.5 Å². The van der Waals surface area contributed by atoms with Gasteiger partial charge in [0.25, 0.3) is 0 Å². The molecule has 1 saturated heterocycles. The number of hydrogen-bond donors (Lipinski definition) is 2. The van der Waals surface area contributed by atoms with E-state index < -0.39 is 0 Å². The van der Waals surface area contributed by atoms with Gasteiger partial charge in [0.2, 0.25) is 11.8 Å². The maximum atomic E-state index is 12.2. The van der Waals surface area contributed by atoms with Crippen molar-refractivity contribution in [3.8, 4) is 0 Å². The number of likely N-dealkylation sites (tertiary alicyclic amines) is 1. The summed E-state index contributed by atoms with van der Waals surface area (Å²) in [6.45, 7) is 2.70. The number of carbonyl (C=O) groups excluding carboxylic acids is 2. The number of carbonyl (C=O) groups is 2. The lowest BCUT2D eigenvalue weighted by Crippen LogP contribution is -2.43. The fourth-order valence-electron chi connectivity index (χ4n) is 4.33. The fourth-order valence-corrected chi connectivity index (χ4v) is 4.33. The zero-order valence-electron chi connectivity index (χ0n) is 13.2. The summed E-state index contributed by atoms with van der Waals surface area (Å²) in [7, 11) is 0. The second kappa shape index (κ2) is 6.82. The number of amides is 2. The van der Waals surface area contributed by atoms with Gasteiger partial charge in [0.05, 0.1) is 6.54 Å². The predicted molar refractivity (Wildman–Crippen MR) is 84.8 cm³/mol. The van der Waals surface area contributed by atoms with E-state index in [1.54, 1.807) is 0 Å². The molecule has 0 aromatic heterocycles. The van der Waals surface area contributed by atoms with E-state index in [0.717, 1.165) is 56.7 Å². The molecule has 1 aliphatic heterocycles. The standard InChI is InChI=1S/C17H27N3O2/c18-16(21)11-20-7-4-13(5-8-20)17(22)19-6-3-15-10-12-1-2-14(15)9-12/h1-2,12-15H,3-11H2,(H2,18,21)(H,19,22)/t12-,14+,15-/m1/s1. The van der Waals surface area contributed by atoms with Crippen molar-refractivity contribution in [1.82, 2.24) is 10.2 Å². The maximum absolute atomic E-state index is 12.2. The first-order valence-corrected chi connectivity index (χ1v) is 8.58. The van der Waals surface area contributed by atoms with E-state index in [1.165, 1.54) is 12.8 Å². The van der Waals surface area contributed by atoms with Crippen molar-refractivity contribution in [3.63, 3.8) is 0 Å². The van der Waals surface area contributed by atoms with Gasteiger partial charge in [-0.25, -0.2) is 0 Å². The molecule has 5 nitrogen and oxygen atoms in total. The Morgan fingerprint density at radius 2 is 1.95 bits per heavy atom. The van der Waals surface area contributed by atoms with Gasteiger partial charge in [-0.05, 0) is 62.9 Å². The van der Waals surface area contributed by atoms with E-state index in [0.29, 0.717) is 6.54 Å². The van der Waals surface area contributed by atoms with Crippen molar-refractivity contribution in [1.29, 1.82) is 0 Å². The lowest BCUT2D eigenvalue weighted by molar-refractivity contribution is -0.126. The van der Waals surface area contributed by atoms with Crippen LogP contribution in [0.1, 0.15) is 32.1 Å². The first kappa shape index (κ1) is 15.5. The molecule has 2 aliphatic carbocycles. The fraction of sp³-hybridized carbons (Fsp3) is 0.765. The summed E-state index contributed by atoms with van der Waals surface area (Å²) in [6.07, 6.45) is 10.1. The van der Waals surface area contributed by atoms with Gasteiger partial charge in [-0.1, -0.05) is 12.2 Å². The lowest BCUT2D eigenvalue weighted by atomic mass is 9.90. The van der Waals surface area contributed by atoms with Crippen LogP contribution < -0.4 is 11.1 Å². The summed E-state index contributed by atoms with van der Waals surface area (Å²) >= 11 is 0. The van der Waals surface area contributed by atoms with Gasteiger partial charge in [0.15, 0.2) is 0 Å². The molecule has 2 amide bonds. The normalized spacial score (nSPS) is 31.5. The Morgan fingerprint density at radius 3 is 2.55 bits per heavy atom. The number of fused-ring (bicyclic) bond motifs is 2. The highest BCUT2D eigenvalue weighted by Crippen LogP contribution is 2.44. The average Bonchev–Trinajstić information content (AvgIpc) is 3.10. The van der Waals surface area contributed by atoms with Crippen molar-refractivity contribution in [2.75, 3.05) is 26.2 Å². The van der Waals surface area contributed by atoms with Gasteiger partial charge in [0.1, 0.15) is 0 Å². The molecule has 1 saturated carbocycles. The first-order chi connectivity index (χ1) is 10.6. The molecule has 0 unspecified atom stereocenters. The summed E-state index contributed by atoms with van der Waals surface area (Å²) in [5, 5.41) is 3.12. The van der Waals surface area contributed by atoms with Crippen molar-refractivity contribution in [2.45, 2.75) is 32.1 Å². The van der Waals surface area contributed by atoms with E-state index >= 15 is 0 Å². The largest absolute Gasteiger partial charge is 0.369 e. The third-order valence-electron chi connectivity index (χ3n) is 5.57. The number of rotatable bonds is 6. The Balaban J connectivity index is 1.33. The Hall–Kier alpha value is -1.36. The Kier molecular flexibility index (Phi) is 4.81. The molecule has 5 heteroatoms. The van der Waals surface area contributed by atoms with Crippen molar-refractivity contribution in [3.05, 3.63) is 12.2 Å². The van der Waals surface area contributed by atoms with Gasteiger partial charge < -0.3 is 11.1 Å². The summed E-state index contributed by atoms with van der Waals surface area (Å²) in [5.41, 5.74) is 5.20. The van der Waals surface area contributed by atoms with E-state index in [9.17, 15) is 9.59 Å². The third kappa shape index (κ3) is 3.69. The topological polar surface area (TPSA) is 75.4 Å². The van der Waals surface area contributed by atoms with Crippen LogP contribution in [0, 0.1) is 23.7 Å². The first-order valence-electron chi connectivity index (χ1n) is 8.58. The van der Waals surface area contributed by atoms with Crippen LogP contribution in [-0.2, 0) is 9.59 Å². The molecular formula is C17H27N3O2. The predicted octanol–water partition coefficient (Wildman–Crippen LogP) is 0.902. The molecule has 0 aromatic rings. The minimum absolute atomic E-state index is 0.101. The zero-order chi connectivity index (χ0) is 15.5. The molecule has 3 N–H and O–H groups in total. The van der Waals surface area contributed by atoms with Crippen LogP contribution in [0.15, 0.2) is 12.2 Å². The summed E-state index contributed by atoms with van der Waals surface area (Å²) < 4.78 is 0. The summed E-state index contributed by atoms with van der Waals surface area (Å²) in [5.74, 6) is 2.34. The second-order valence-corrected chi connectivity index (χ2v) is 7.14. The van der Waals surface area contributed by atoms with Crippen molar-refractivity contribution < 1.29 is 9.59 Å². The quantitative estimate of drug-likeness (QED) is 0.716. The molecule has 0 radical (unpaired) electrons. The van der Waals surface area contributed by atoms with Crippen molar-refractivity contribution >= 4 is 11.8 Å². The van der Waals surface area contributed by atoms with Crippen LogP contribution in [-0.4, -0.2) is 42.9 Å². The Bertz CT molecular complexity index is 455. The Morgan fingerprint density at radius 1 is 1.18 bits per heavy atom. The SMILES string of the molecule is NC(=O)CN1CCC(C(=O)NCC[C@@H]2C[C@@H]3C=C[C@H]2C3)CC1. The van der Waals surface area contributed by atoms with Crippen LogP contribution in [0.25, 0.3) is 0 Å². The van der Waals surface area contributed by atoms with Crippen molar-refractivity contribution in [2.24, 2.45) is 29.4 Å². The van der Waals surface area contributed by atoms with Gasteiger partial charge in [-0.3, -0.25) is 14.5 Å². The van der Waals surface area contributed by atoms with Crippen LogP contribution in [0.3, 0.4) is 0 Å². The van der Waals surface area contributed by atoms with Gasteiger partial charge in [-0.15, -0.1) is 0 Å². The van der Waals surface area contributed by atoms with E-state index in [1.807, 2.05) is 4.90 Å². The molecule has 22 heavy (non-hydrogen) atoms. The molecule has 2 bridgehead atoms. The maximum Gasteiger partial charge on any atom is 0.231 e. The van der Waals surface area contributed by atoms with E-state index in [4.69, 9.17) is 5.73 Å². The summed E-state index contributed by atoms with van der Waals surface area (Å²) in [6, 6.07) is 0. The highest BCUT2D eigenvalue weighted by atomic mass is 16.2. The average molecular weight is 305 g/mol. The van der Waals surface area contributed by atoms with Crippen LogP contribution in [0.4, 0.5) is 0 Å². The number of primary amides is 1. The molecule has 122 valence electrons. The van der Waals surface area contributed by atoms with Crippen LogP contribution in [0.5, 0.6) is 0 Å². The highest BCUT2D eigenvalue weighted by molar-refractivity contribution is 5.79. The molecule has 3 aliphatic rings. The number of hydrogen-bond acceptors (Lipinski definition) is 3. The number of nitrogens with zero attached hydrogens (tertiary/aromatic N) is 1. The molecule has 3 atom stereocenters. The van der Waals surface area contributed by atoms with Gasteiger partial charge >= 0.3 is 0 Å². The highest BCUT2D eigenvalue weighted by Gasteiger charge is 2.35. The minimum Gasteiger partial charge on any atom is -0.369 e. The van der Waals surface area contributed by atoms with Crippen LogP contribution in [0.2, 0.25) is 0 Å². The zero-order valence-corrected chi connectivity index (χ0v) is 13.2. The molecule has 1 heterocycles. The number of nitrogens with one attached hydrogen (secondary N) is 1. The molecule has 0 spiro atoms. The monoisotopic (exact) mass is 305 g/mol. The molecule has 3 rings (SSSR count). The molecule has 0 aromatic carbocycles. The van der Waals surface area contributed by atoms with Gasteiger partial charge in [0, 0.05) is 12.5 Å². The number of piperidine rings is 1.